The van der Waals surface area contributed by atoms with Crippen LogP contribution in [0.5, 0.6) is 11.5 Å². The second-order valence-electron chi connectivity index (χ2n) is 8.22. The number of anilines is 2. The number of carbonyl (C=O) groups is 2. The summed E-state index contributed by atoms with van der Waals surface area (Å²) in [5.41, 5.74) is 2.21. The first-order valence-electron chi connectivity index (χ1n) is 10.9. The van der Waals surface area contributed by atoms with Crippen LogP contribution < -0.4 is 19.7 Å². The lowest BCUT2D eigenvalue weighted by Crippen LogP contribution is -2.38. The average molecular weight is 422 g/mol. The normalized spacial score (nSPS) is 18.3. The molecule has 1 aromatic heterocycles. The quantitative estimate of drug-likeness (QED) is 0.816. The molecule has 5 rings (SSSR count). The fourth-order valence-electron chi connectivity index (χ4n) is 4.43. The van der Waals surface area contributed by atoms with Gasteiger partial charge < -0.3 is 24.6 Å². The number of nitrogens with one attached hydrogen (secondary N) is 1. The van der Waals surface area contributed by atoms with Gasteiger partial charge in [0.1, 0.15) is 5.69 Å². The summed E-state index contributed by atoms with van der Waals surface area (Å²) in [6.07, 6.45) is 5.35. The fraction of sp³-hybridized carbons (Fsp3) is 0.435. The number of piperidine rings is 1. The molecule has 0 bridgehead atoms. The summed E-state index contributed by atoms with van der Waals surface area (Å²) in [6, 6.07) is 9.26. The van der Waals surface area contributed by atoms with Crippen molar-refractivity contribution in [2.75, 3.05) is 43.2 Å². The minimum Gasteiger partial charge on any atom is -0.454 e. The van der Waals surface area contributed by atoms with Crippen molar-refractivity contribution in [2.24, 2.45) is 5.92 Å². The smallest absolute Gasteiger partial charge is 0.272 e. The van der Waals surface area contributed by atoms with Crippen LogP contribution in [0.15, 0.2) is 36.5 Å². The summed E-state index contributed by atoms with van der Waals surface area (Å²) in [6.45, 7) is 3.37. The number of ether oxygens (including phenoxy) is 2. The lowest BCUT2D eigenvalue weighted by atomic mass is 9.95. The standard InChI is InChI=1S/C23H26N4O4/c28-22(25-17-3-4-20-21(13-17)31-15-30-20)16-6-11-26(12-7-16)18-5-8-24-19(14-18)23(29)27-9-1-2-10-27/h3-5,8,13-14,16H,1-2,6-7,9-12,15H2,(H,25,28). The van der Waals surface area contributed by atoms with Crippen molar-refractivity contribution in [3.63, 3.8) is 0 Å². The van der Waals surface area contributed by atoms with E-state index in [1.807, 2.05) is 29.2 Å². The van der Waals surface area contributed by atoms with Crippen LogP contribution in [-0.4, -0.2) is 54.7 Å². The van der Waals surface area contributed by atoms with Crippen LogP contribution >= 0.6 is 0 Å². The molecule has 8 nitrogen and oxygen atoms in total. The SMILES string of the molecule is O=C(Nc1ccc2c(c1)OCO2)C1CCN(c2ccnc(C(=O)N3CCCC3)c2)CC1. The predicted molar refractivity (Wildman–Crippen MR) is 116 cm³/mol. The van der Waals surface area contributed by atoms with E-state index < -0.39 is 0 Å². The van der Waals surface area contributed by atoms with E-state index in [-0.39, 0.29) is 24.5 Å². The second-order valence-corrected chi connectivity index (χ2v) is 8.22. The molecule has 1 aromatic carbocycles. The number of rotatable bonds is 4. The number of carbonyl (C=O) groups excluding carboxylic acids is 2. The zero-order chi connectivity index (χ0) is 21.2. The van der Waals surface area contributed by atoms with E-state index in [9.17, 15) is 9.59 Å². The van der Waals surface area contributed by atoms with Crippen LogP contribution in [0.3, 0.4) is 0 Å². The summed E-state index contributed by atoms with van der Waals surface area (Å²) in [5.74, 6) is 1.35. The van der Waals surface area contributed by atoms with Crippen molar-refractivity contribution >= 4 is 23.2 Å². The Morgan fingerprint density at radius 3 is 2.55 bits per heavy atom. The molecule has 0 saturated carbocycles. The Morgan fingerprint density at radius 1 is 0.968 bits per heavy atom. The second kappa shape index (κ2) is 8.45. The molecule has 2 fully saturated rings. The summed E-state index contributed by atoms with van der Waals surface area (Å²) in [7, 11) is 0. The molecule has 0 spiro atoms. The van der Waals surface area contributed by atoms with Gasteiger partial charge in [-0.05, 0) is 49.9 Å². The number of fused-ring (bicyclic) bond motifs is 1. The molecule has 0 unspecified atom stereocenters. The summed E-state index contributed by atoms with van der Waals surface area (Å²) < 4.78 is 10.7. The number of pyridine rings is 1. The highest BCUT2D eigenvalue weighted by molar-refractivity contribution is 5.94. The molecule has 3 aliphatic rings. The van der Waals surface area contributed by atoms with E-state index >= 15 is 0 Å². The molecule has 2 aromatic rings. The van der Waals surface area contributed by atoms with Crippen LogP contribution in [0.4, 0.5) is 11.4 Å². The molecule has 2 amide bonds. The highest BCUT2D eigenvalue weighted by Crippen LogP contribution is 2.34. The average Bonchev–Trinajstić information content (AvgIpc) is 3.51. The Balaban J connectivity index is 1.18. The van der Waals surface area contributed by atoms with E-state index in [1.165, 1.54) is 0 Å². The maximum Gasteiger partial charge on any atom is 0.272 e. The molecule has 8 heteroatoms. The summed E-state index contributed by atoms with van der Waals surface area (Å²) in [5, 5.41) is 3.00. The number of aromatic nitrogens is 1. The van der Waals surface area contributed by atoms with Gasteiger partial charge in [0.15, 0.2) is 11.5 Å². The number of hydrogen-bond donors (Lipinski definition) is 1. The minimum absolute atomic E-state index is 0.0114. The zero-order valence-corrected chi connectivity index (χ0v) is 17.4. The third-order valence-corrected chi connectivity index (χ3v) is 6.23. The van der Waals surface area contributed by atoms with Crippen molar-refractivity contribution in [3.8, 4) is 11.5 Å². The van der Waals surface area contributed by atoms with Crippen molar-refractivity contribution in [1.29, 1.82) is 0 Å². The summed E-state index contributed by atoms with van der Waals surface area (Å²) in [4.78, 5) is 33.8. The minimum atomic E-state index is -0.0470. The Labute approximate surface area is 181 Å². The third kappa shape index (κ3) is 4.15. The van der Waals surface area contributed by atoms with E-state index in [4.69, 9.17) is 9.47 Å². The molecular formula is C23H26N4O4. The monoisotopic (exact) mass is 422 g/mol. The highest BCUT2D eigenvalue weighted by Gasteiger charge is 2.27. The number of benzene rings is 1. The van der Waals surface area contributed by atoms with Crippen LogP contribution in [0.1, 0.15) is 36.2 Å². The maximum absolute atomic E-state index is 12.7. The van der Waals surface area contributed by atoms with Gasteiger partial charge in [-0.15, -0.1) is 0 Å². The Hall–Kier alpha value is -3.29. The number of nitrogens with zero attached hydrogens (tertiary/aromatic N) is 3. The molecule has 2 saturated heterocycles. The van der Waals surface area contributed by atoms with Crippen molar-refractivity contribution in [2.45, 2.75) is 25.7 Å². The number of hydrogen-bond acceptors (Lipinski definition) is 6. The first-order chi connectivity index (χ1) is 15.2. The van der Waals surface area contributed by atoms with Gasteiger partial charge in [0, 0.05) is 55.7 Å². The van der Waals surface area contributed by atoms with Crippen molar-refractivity contribution < 1.29 is 19.1 Å². The van der Waals surface area contributed by atoms with Crippen molar-refractivity contribution in [1.82, 2.24) is 9.88 Å². The first kappa shape index (κ1) is 19.7. The van der Waals surface area contributed by atoms with E-state index in [2.05, 4.69) is 15.2 Å². The Morgan fingerprint density at radius 2 is 1.74 bits per heavy atom. The number of likely N-dealkylation sites (tertiary alicyclic amines) is 1. The van der Waals surface area contributed by atoms with Crippen LogP contribution in [0, 0.1) is 5.92 Å². The molecule has 1 N–H and O–H groups in total. The lowest BCUT2D eigenvalue weighted by Gasteiger charge is -2.33. The lowest BCUT2D eigenvalue weighted by molar-refractivity contribution is -0.120. The molecule has 0 radical (unpaired) electrons. The molecule has 4 heterocycles. The van der Waals surface area contributed by atoms with E-state index in [0.717, 1.165) is 63.2 Å². The van der Waals surface area contributed by atoms with Gasteiger partial charge in [0.2, 0.25) is 12.7 Å². The zero-order valence-electron chi connectivity index (χ0n) is 17.4. The molecular weight excluding hydrogens is 396 g/mol. The number of amides is 2. The Bertz CT molecular complexity index is 981. The third-order valence-electron chi connectivity index (χ3n) is 6.23. The van der Waals surface area contributed by atoms with Gasteiger partial charge in [-0.25, -0.2) is 0 Å². The van der Waals surface area contributed by atoms with Gasteiger partial charge in [0.25, 0.3) is 5.91 Å². The van der Waals surface area contributed by atoms with E-state index in [1.54, 1.807) is 12.3 Å². The van der Waals surface area contributed by atoms with Crippen LogP contribution in [0.2, 0.25) is 0 Å². The summed E-state index contributed by atoms with van der Waals surface area (Å²) >= 11 is 0. The van der Waals surface area contributed by atoms with Gasteiger partial charge in [-0.1, -0.05) is 0 Å². The maximum atomic E-state index is 12.7. The van der Waals surface area contributed by atoms with Crippen LogP contribution in [0.25, 0.3) is 0 Å². The molecule has 0 atom stereocenters. The van der Waals surface area contributed by atoms with Crippen molar-refractivity contribution in [3.05, 3.63) is 42.2 Å². The molecule has 31 heavy (non-hydrogen) atoms. The van der Waals surface area contributed by atoms with Gasteiger partial charge in [-0.2, -0.15) is 0 Å². The highest BCUT2D eigenvalue weighted by atomic mass is 16.7. The first-order valence-corrected chi connectivity index (χ1v) is 10.9. The van der Waals surface area contributed by atoms with Gasteiger partial charge >= 0.3 is 0 Å². The molecule has 0 aliphatic carbocycles. The fourth-order valence-corrected chi connectivity index (χ4v) is 4.43. The van der Waals surface area contributed by atoms with E-state index in [0.29, 0.717) is 17.2 Å². The van der Waals surface area contributed by atoms with Gasteiger partial charge in [0.05, 0.1) is 0 Å². The molecule has 3 aliphatic heterocycles. The predicted octanol–water partition coefficient (Wildman–Crippen LogP) is 2.90. The largest absolute Gasteiger partial charge is 0.454 e. The molecule has 162 valence electrons. The van der Waals surface area contributed by atoms with Crippen LogP contribution in [-0.2, 0) is 4.79 Å². The topological polar surface area (TPSA) is 84.0 Å². The Kier molecular flexibility index (Phi) is 5.36. The van der Waals surface area contributed by atoms with Gasteiger partial charge in [-0.3, -0.25) is 14.6 Å².